The van der Waals surface area contributed by atoms with Gasteiger partial charge < -0.3 is 14.5 Å². The van der Waals surface area contributed by atoms with Crippen LogP contribution in [0.4, 0.5) is 10.6 Å². The molecule has 1 saturated heterocycles. The molecule has 2 aromatic heterocycles. The summed E-state index contributed by atoms with van der Waals surface area (Å²) in [5.74, 6) is 0.894. The molecule has 0 unspecified atom stereocenters. The summed E-state index contributed by atoms with van der Waals surface area (Å²) in [5, 5.41) is 4.19. The van der Waals surface area contributed by atoms with Gasteiger partial charge in [-0.3, -0.25) is 0 Å². The van der Waals surface area contributed by atoms with E-state index >= 15 is 0 Å². The van der Waals surface area contributed by atoms with E-state index in [1.165, 1.54) is 0 Å². The first-order valence-corrected chi connectivity index (χ1v) is 8.04. The van der Waals surface area contributed by atoms with Gasteiger partial charge in [-0.1, -0.05) is 0 Å². The summed E-state index contributed by atoms with van der Waals surface area (Å²) in [4.78, 5) is 20.4. The molecule has 2 aromatic rings. The van der Waals surface area contributed by atoms with Crippen molar-refractivity contribution in [3.05, 3.63) is 22.9 Å². The summed E-state index contributed by atoms with van der Waals surface area (Å²) in [6.07, 6.45) is 3.29. The summed E-state index contributed by atoms with van der Waals surface area (Å²) in [5.41, 5.74) is 0.791. The van der Waals surface area contributed by atoms with Crippen LogP contribution in [0, 0.1) is 0 Å². The van der Waals surface area contributed by atoms with Crippen LogP contribution in [0.3, 0.4) is 0 Å². The van der Waals surface area contributed by atoms with E-state index in [4.69, 9.17) is 4.74 Å². The van der Waals surface area contributed by atoms with Crippen molar-refractivity contribution in [2.45, 2.75) is 20.0 Å². The smallest absolute Gasteiger partial charge is 0.410 e. The Morgan fingerprint density at radius 2 is 2.05 bits per heavy atom. The Morgan fingerprint density at radius 3 is 2.73 bits per heavy atom. The van der Waals surface area contributed by atoms with Gasteiger partial charge >= 0.3 is 6.09 Å². The highest BCUT2D eigenvalue weighted by molar-refractivity contribution is 9.10. The van der Waals surface area contributed by atoms with Crippen molar-refractivity contribution in [1.82, 2.24) is 19.5 Å². The van der Waals surface area contributed by atoms with Crippen molar-refractivity contribution >= 4 is 33.5 Å². The number of ether oxygens (including phenoxy) is 1. The van der Waals surface area contributed by atoms with Crippen molar-refractivity contribution in [2.75, 3.05) is 31.1 Å². The molecule has 3 heterocycles. The maximum atomic E-state index is 11.9. The van der Waals surface area contributed by atoms with E-state index < -0.39 is 0 Å². The zero-order valence-electron chi connectivity index (χ0n) is 12.6. The van der Waals surface area contributed by atoms with Crippen LogP contribution in [0.5, 0.6) is 0 Å². The molecular formula is C14H18BrN5O2. The number of rotatable bonds is 2. The maximum absolute atomic E-state index is 11.9. The fourth-order valence-corrected chi connectivity index (χ4v) is 2.76. The predicted molar refractivity (Wildman–Crippen MR) is 86.1 cm³/mol. The quantitative estimate of drug-likeness (QED) is 0.813. The van der Waals surface area contributed by atoms with Gasteiger partial charge in [0, 0.05) is 32.4 Å². The molecule has 0 N–H and O–H groups in total. The van der Waals surface area contributed by atoms with Crippen molar-refractivity contribution < 1.29 is 9.53 Å². The minimum Gasteiger partial charge on any atom is -0.447 e. The summed E-state index contributed by atoms with van der Waals surface area (Å²) < 4.78 is 7.82. The number of hydrogen-bond acceptors (Lipinski definition) is 5. The first-order chi connectivity index (χ1) is 10.5. The molecule has 0 spiro atoms. The van der Waals surface area contributed by atoms with Gasteiger partial charge in [-0.25, -0.2) is 14.3 Å². The summed E-state index contributed by atoms with van der Waals surface area (Å²) in [6, 6.07) is 1.94. The Kier molecular flexibility index (Phi) is 4.19. The molecule has 0 radical (unpaired) electrons. The van der Waals surface area contributed by atoms with Gasteiger partial charge in [-0.2, -0.15) is 5.10 Å². The number of carbonyl (C=O) groups is 1. The Hall–Kier alpha value is -1.83. The number of amides is 1. The molecule has 0 aromatic carbocycles. The third kappa shape index (κ3) is 3.01. The number of fused-ring (bicyclic) bond motifs is 1. The van der Waals surface area contributed by atoms with Crippen LogP contribution < -0.4 is 4.90 Å². The zero-order valence-corrected chi connectivity index (χ0v) is 14.2. The van der Waals surface area contributed by atoms with Crippen LogP contribution >= 0.6 is 15.9 Å². The number of piperazine rings is 1. The fourth-order valence-electron chi connectivity index (χ4n) is 2.40. The SMILES string of the molecule is CC(C)OC(=O)N1CCN(c2ccn3ncc(Br)c3n2)CC1. The molecule has 118 valence electrons. The monoisotopic (exact) mass is 367 g/mol. The molecule has 1 aliphatic rings. The van der Waals surface area contributed by atoms with Gasteiger partial charge in [-0.15, -0.1) is 0 Å². The number of halogens is 1. The second kappa shape index (κ2) is 6.12. The number of anilines is 1. The van der Waals surface area contributed by atoms with Gasteiger partial charge in [0.2, 0.25) is 0 Å². The Labute approximate surface area is 137 Å². The molecule has 0 saturated carbocycles. The molecule has 1 aliphatic heterocycles. The van der Waals surface area contributed by atoms with Gasteiger partial charge in [-0.05, 0) is 35.8 Å². The highest BCUT2D eigenvalue weighted by Crippen LogP contribution is 2.20. The van der Waals surface area contributed by atoms with E-state index in [1.807, 2.05) is 26.1 Å². The van der Waals surface area contributed by atoms with E-state index in [0.29, 0.717) is 13.1 Å². The lowest BCUT2D eigenvalue weighted by Crippen LogP contribution is -2.49. The minimum absolute atomic E-state index is 0.0891. The van der Waals surface area contributed by atoms with Crippen molar-refractivity contribution in [3.63, 3.8) is 0 Å². The number of carbonyl (C=O) groups excluding carboxylic acids is 1. The van der Waals surface area contributed by atoms with E-state index in [-0.39, 0.29) is 12.2 Å². The standard InChI is InChI=1S/C14H18BrN5O2/c1-10(2)22-14(21)19-7-5-18(6-8-19)12-3-4-20-13(17-12)11(15)9-16-20/h3-4,9-10H,5-8H2,1-2H3. The Bertz CT molecular complexity index is 679. The first-order valence-electron chi connectivity index (χ1n) is 7.25. The van der Waals surface area contributed by atoms with Crippen molar-refractivity contribution in [2.24, 2.45) is 0 Å². The lowest BCUT2D eigenvalue weighted by molar-refractivity contribution is 0.0751. The van der Waals surface area contributed by atoms with Crippen molar-refractivity contribution in [1.29, 1.82) is 0 Å². The fraction of sp³-hybridized carbons (Fsp3) is 0.500. The third-order valence-electron chi connectivity index (χ3n) is 3.51. The predicted octanol–water partition coefficient (Wildman–Crippen LogP) is 2.16. The topological polar surface area (TPSA) is 63.0 Å². The van der Waals surface area contributed by atoms with Crippen molar-refractivity contribution in [3.8, 4) is 0 Å². The average molecular weight is 368 g/mol. The summed E-state index contributed by atoms with van der Waals surface area (Å²) in [7, 11) is 0. The molecular weight excluding hydrogens is 350 g/mol. The minimum atomic E-state index is -0.239. The lowest BCUT2D eigenvalue weighted by Gasteiger charge is -2.35. The van der Waals surface area contributed by atoms with Crippen LogP contribution in [0.2, 0.25) is 0 Å². The average Bonchev–Trinajstić information content (AvgIpc) is 2.88. The maximum Gasteiger partial charge on any atom is 0.410 e. The number of hydrogen-bond donors (Lipinski definition) is 0. The normalized spacial score (nSPS) is 15.6. The van der Waals surface area contributed by atoms with Crippen LogP contribution in [-0.2, 0) is 4.74 Å². The third-order valence-corrected chi connectivity index (χ3v) is 4.07. The highest BCUT2D eigenvalue weighted by atomic mass is 79.9. The van der Waals surface area contributed by atoms with Crippen LogP contribution in [0.1, 0.15) is 13.8 Å². The molecule has 0 bridgehead atoms. The van der Waals surface area contributed by atoms with Gasteiger partial charge in [0.1, 0.15) is 5.82 Å². The molecule has 7 nitrogen and oxygen atoms in total. The second-order valence-electron chi connectivity index (χ2n) is 5.45. The Balaban J connectivity index is 1.67. The zero-order chi connectivity index (χ0) is 15.7. The number of nitrogens with zero attached hydrogens (tertiary/aromatic N) is 5. The van der Waals surface area contributed by atoms with Gasteiger partial charge in [0.25, 0.3) is 0 Å². The molecule has 0 atom stereocenters. The summed E-state index contributed by atoms with van der Waals surface area (Å²) in [6.45, 7) is 6.47. The molecule has 8 heteroatoms. The first kappa shape index (κ1) is 15.1. The Morgan fingerprint density at radius 1 is 1.32 bits per heavy atom. The van der Waals surface area contributed by atoms with Gasteiger partial charge in [0.05, 0.1) is 16.8 Å². The largest absolute Gasteiger partial charge is 0.447 e. The second-order valence-corrected chi connectivity index (χ2v) is 6.31. The van der Waals surface area contributed by atoms with E-state index in [0.717, 1.165) is 29.0 Å². The van der Waals surface area contributed by atoms with E-state index in [9.17, 15) is 4.79 Å². The van der Waals surface area contributed by atoms with Crippen LogP contribution in [0.15, 0.2) is 22.9 Å². The van der Waals surface area contributed by atoms with Gasteiger partial charge in [0.15, 0.2) is 5.65 Å². The molecule has 0 aliphatic carbocycles. The molecule has 1 amide bonds. The molecule has 3 rings (SSSR count). The van der Waals surface area contributed by atoms with E-state index in [1.54, 1.807) is 15.6 Å². The van der Waals surface area contributed by atoms with Crippen LogP contribution in [0.25, 0.3) is 5.65 Å². The summed E-state index contributed by atoms with van der Waals surface area (Å²) >= 11 is 3.44. The molecule has 1 fully saturated rings. The lowest BCUT2D eigenvalue weighted by atomic mass is 10.3. The van der Waals surface area contributed by atoms with E-state index in [2.05, 4.69) is 30.9 Å². The molecule has 22 heavy (non-hydrogen) atoms. The number of aromatic nitrogens is 3. The highest BCUT2D eigenvalue weighted by Gasteiger charge is 2.23. The van der Waals surface area contributed by atoms with Crippen LogP contribution in [-0.4, -0.2) is 57.9 Å².